The fraction of sp³-hybridized carbons (Fsp3) is 0. The molecule has 3 heterocycles. The summed E-state index contributed by atoms with van der Waals surface area (Å²) in [5.74, 6) is 0. The summed E-state index contributed by atoms with van der Waals surface area (Å²) in [6.07, 6.45) is 4.44. The average molecular weight is 300 g/mol. The second kappa shape index (κ2) is 5.08. The molecule has 0 fully saturated rings. The summed E-state index contributed by atoms with van der Waals surface area (Å²) in [6, 6.07) is 10.0. The first-order valence-corrected chi connectivity index (χ1v) is 6.75. The zero-order valence-corrected chi connectivity index (χ0v) is 11.4. The third-order valence-electron chi connectivity index (χ3n) is 2.45. The zero-order valence-electron chi connectivity index (χ0n) is 9.18. The van der Waals surface area contributed by atoms with Gasteiger partial charge in [0.25, 0.3) is 7.14 Å². The van der Waals surface area contributed by atoms with E-state index in [0.717, 1.165) is 0 Å². The fourth-order valence-electron chi connectivity index (χ4n) is 1.67. The topological polar surface area (TPSA) is 56.5 Å². The summed E-state index contributed by atoms with van der Waals surface area (Å²) in [5.41, 5.74) is 1.05. The van der Waals surface area contributed by atoms with Gasteiger partial charge in [-0.15, -0.1) is 0 Å². The number of hydrogen-bond acceptors (Lipinski definition) is 4. The van der Waals surface area contributed by atoms with E-state index < -0.39 is 7.14 Å². The fourth-order valence-corrected chi connectivity index (χ4v) is 3.84. The summed E-state index contributed by atoms with van der Waals surface area (Å²) in [6.45, 7) is 0. The SMILES string of the molecule is O=P(c1ccco1)(c1ccco1)c1ccco1.[Cr]. The Morgan fingerprint density at radius 1 is 0.722 bits per heavy atom. The summed E-state index contributed by atoms with van der Waals surface area (Å²) >= 11 is 0. The predicted octanol–water partition coefficient (Wildman–Crippen LogP) is 2.10. The Hall–Kier alpha value is -1.40. The van der Waals surface area contributed by atoms with Crippen molar-refractivity contribution in [3.8, 4) is 0 Å². The molecule has 0 aliphatic rings. The molecule has 0 atom stereocenters. The quantitative estimate of drug-likeness (QED) is 0.695. The summed E-state index contributed by atoms with van der Waals surface area (Å²) < 4.78 is 28.9. The van der Waals surface area contributed by atoms with Crippen LogP contribution in [-0.2, 0) is 21.9 Å². The van der Waals surface area contributed by atoms with Crippen LogP contribution >= 0.6 is 7.14 Å². The molecule has 0 unspecified atom stereocenters. The second-order valence-electron chi connectivity index (χ2n) is 3.46. The van der Waals surface area contributed by atoms with Gasteiger partial charge in [-0.25, -0.2) is 0 Å². The van der Waals surface area contributed by atoms with Crippen molar-refractivity contribution in [1.82, 2.24) is 0 Å². The van der Waals surface area contributed by atoms with Crippen LogP contribution in [0.25, 0.3) is 0 Å². The molecule has 0 aliphatic heterocycles. The van der Waals surface area contributed by atoms with E-state index in [4.69, 9.17) is 13.3 Å². The van der Waals surface area contributed by atoms with Crippen molar-refractivity contribution >= 4 is 23.6 Å². The first kappa shape index (κ1) is 13.0. The zero-order chi connectivity index (χ0) is 11.7. The van der Waals surface area contributed by atoms with Crippen LogP contribution in [0.3, 0.4) is 0 Å². The van der Waals surface area contributed by atoms with E-state index >= 15 is 0 Å². The molecule has 0 N–H and O–H groups in total. The van der Waals surface area contributed by atoms with Gasteiger partial charge in [0.1, 0.15) is 0 Å². The Morgan fingerprint density at radius 3 is 1.28 bits per heavy atom. The molecule has 92 valence electrons. The molecular weight excluding hydrogens is 291 g/mol. The van der Waals surface area contributed by atoms with E-state index in [1.54, 1.807) is 36.4 Å². The molecule has 0 saturated heterocycles. The van der Waals surface area contributed by atoms with Crippen molar-refractivity contribution < 1.29 is 35.2 Å². The van der Waals surface area contributed by atoms with Crippen LogP contribution in [0.5, 0.6) is 0 Å². The summed E-state index contributed by atoms with van der Waals surface area (Å²) in [7, 11) is -3.13. The molecule has 0 bridgehead atoms. The molecular formula is C12H9CrO4P. The van der Waals surface area contributed by atoms with E-state index in [1.807, 2.05) is 0 Å². The van der Waals surface area contributed by atoms with Crippen LogP contribution in [0.2, 0.25) is 0 Å². The van der Waals surface area contributed by atoms with Crippen molar-refractivity contribution in [1.29, 1.82) is 0 Å². The minimum absolute atomic E-state index is 0. The van der Waals surface area contributed by atoms with Crippen molar-refractivity contribution in [3.63, 3.8) is 0 Å². The van der Waals surface area contributed by atoms with Gasteiger partial charge in [0.15, 0.2) is 16.5 Å². The Balaban J connectivity index is 0.00000120. The van der Waals surface area contributed by atoms with Crippen LogP contribution in [0.4, 0.5) is 0 Å². The van der Waals surface area contributed by atoms with Crippen LogP contribution in [0.15, 0.2) is 68.4 Å². The molecule has 3 aromatic heterocycles. The van der Waals surface area contributed by atoms with Crippen molar-refractivity contribution in [2.75, 3.05) is 0 Å². The maximum absolute atomic E-state index is 13.1. The van der Waals surface area contributed by atoms with Crippen LogP contribution < -0.4 is 16.5 Å². The normalized spacial score (nSPS) is 11.1. The van der Waals surface area contributed by atoms with Gasteiger partial charge in [-0.3, -0.25) is 4.57 Å². The molecule has 18 heavy (non-hydrogen) atoms. The van der Waals surface area contributed by atoms with Gasteiger partial charge in [-0.1, -0.05) is 0 Å². The standard InChI is InChI=1S/C12H9O4P.Cr/c13-17(10-4-1-7-14-10,11-5-2-8-15-11)12-6-3-9-16-12;/h1-9H;. The van der Waals surface area contributed by atoms with Crippen molar-refractivity contribution in [2.24, 2.45) is 0 Å². The minimum atomic E-state index is -3.13. The third kappa shape index (κ3) is 1.91. The molecule has 3 aromatic rings. The summed E-state index contributed by atoms with van der Waals surface area (Å²) in [5, 5.41) is 0. The molecule has 0 aromatic carbocycles. The van der Waals surface area contributed by atoms with E-state index in [2.05, 4.69) is 0 Å². The molecule has 0 saturated carbocycles. The molecule has 0 aliphatic carbocycles. The van der Waals surface area contributed by atoms with Gasteiger partial charge in [-0.2, -0.15) is 0 Å². The monoisotopic (exact) mass is 300 g/mol. The Kier molecular flexibility index (Phi) is 3.68. The van der Waals surface area contributed by atoms with E-state index in [0.29, 0.717) is 16.5 Å². The molecule has 3 rings (SSSR count). The van der Waals surface area contributed by atoms with Gasteiger partial charge in [0.2, 0.25) is 0 Å². The third-order valence-corrected chi connectivity index (χ3v) is 5.08. The van der Waals surface area contributed by atoms with Crippen LogP contribution in [-0.4, -0.2) is 0 Å². The first-order chi connectivity index (χ1) is 8.32. The average Bonchev–Trinajstić information content (AvgIpc) is 3.10. The Labute approximate surface area is 114 Å². The number of rotatable bonds is 3. The van der Waals surface area contributed by atoms with Crippen molar-refractivity contribution in [3.05, 3.63) is 55.2 Å². The van der Waals surface area contributed by atoms with Gasteiger partial charge in [-0.05, 0) is 36.4 Å². The Morgan fingerprint density at radius 2 is 1.06 bits per heavy atom. The van der Waals surface area contributed by atoms with Gasteiger partial charge < -0.3 is 13.3 Å². The molecule has 0 amide bonds. The number of hydrogen-bond donors (Lipinski definition) is 0. The number of furan rings is 3. The molecule has 0 spiro atoms. The Bertz CT molecular complexity index is 535. The van der Waals surface area contributed by atoms with Gasteiger partial charge >= 0.3 is 0 Å². The van der Waals surface area contributed by atoms with Gasteiger partial charge in [0.05, 0.1) is 18.8 Å². The van der Waals surface area contributed by atoms with Crippen LogP contribution in [0.1, 0.15) is 0 Å². The van der Waals surface area contributed by atoms with E-state index in [1.165, 1.54) is 18.8 Å². The van der Waals surface area contributed by atoms with Crippen LogP contribution in [0, 0.1) is 0 Å². The molecule has 0 radical (unpaired) electrons. The smallest absolute Gasteiger partial charge is 0.271 e. The second-order valence-corrected chi connectivity index (χ2v) is 6.00. The maximum Gasteiger partial charge on any atom is 0.271 e. The van der Waals surface area contributed by atoms with E-state index in [9.17, 15) is 4.57 Å². The maximum atomic E-state index is 13.1. The first-order valence-electron chi connectivity index (χ1n) is 5.04. The molecule has 4 nitrogen and oxygen atoms in total. The summed E-state index contributed by atoms with van der Waals surface area (Å²) in [4.78, 5) is 0. The van der Waals surface area contributed by atoms with E-state index in [-0.39, 0.29) is 17.4 Å². The molecule has 6 heteroatoms. The minimum Gasteiger partial charge on any atom is -0.460 e. The largest absolute Gasteiger partial charge is 0.460 e. The van der Waals surface area contributed by atoms with Gasteiger partial charge in [0, 0.05) is 17.4 Å². The van der Waals surface area contributed by atoms with Crippen molar-refractivity contribution in [2.45, 2.75) is 0 Å². The predicted molar refractivity (Wildman–Crippen MR) is 62.6 cm³/mol.